The molecule has 0 fully saturated rings. The number of hydrogen-bond acceptors (Lipinski definition) is 5. The van der Waals surface area contributed by atoms with Gasteiger partial charge < -0.3 is 14.8 Å². The summed E-state index contributed by atoms with van der Waals surface area (Å²) in [6, 6.07) is 4.64. The molecule has 0 bridgehead atoms. The number of benzene rings is 1. The van der Waals surface area contributed by atoms with Crippen molar-refractivity contribution in [1.29, 1.82) is 0 Å². The van der Waals surface area contributed by atoms with Crippen molar-refractivity contribution in [3.8, 4) is 11.5 Å². The Hall–Kier alpha value is -2.08. The van der Waals surface area contributed by atoms with Crippen LogP contribution in [-0.2, 0) is 25.9 Å². The van der Waals surface area contributed by atoms with Crippen LogP contribution in [0, 0.1) is 6.92 Å². The van der Waals surface area contributed by atoms with Crippen LogP contribution >= 0.6 is 0 Å². The Kier molecular flexibility index (Phi) is 3.92. The van der Waals surface area contributed by atoms with Crippen LogP contribution in [0.5, 0.6) is 11.5 Å². The smallest absolute Gasteiger partial charge is 0.147 e. The molecule has 2 atom stereocenters. The molecule has 2 aromatic rings. The zero-order valence-corrected chi connectivity index (χ0v) is 14.5. The van der Waals surface area contributed by atoms with Crippen LogP contribution in [0.3, 0.4) is 0 Å². The maximum Gasteiger partial charge on any atom is 0.147 e. The van der Waals surface area contributed by atoms with E-state index in [9.17, 15) is 0 Å². The Bertz CT molecular complexity index is 756. The lowest BCUT2D eigenvalue weighted by Crippen LogP contribution is -2.37. The molecule has 6 nitrogen and oxygen atoms in total. The van der Waals surface area contributed by atoms with E-state index in [1.165, 1.54) is 5.56 Å². The normalized spacial score (nSPS) is 22.0. The van der Waals surface area contributed by atoms with Crippen molar-refractivity contribution >= 4 is 0 Å². The predicted molar refractivity (Wildman–Crippen MR) is 90.5 cm³/mol. The monoisotopic (exact) mass is 328 g/mol. The highest BCUT2D eigenvalue weighted by atomic mass is 16.5. The topological polar surface area (TPSA) is 61.2 Å². The van der Waals surface area contributed by atoms with Gasteiger partial charge in [-0.1, -0.05) is 0 Å². The summed E-state index contributed by atoms with van der Waals surface area (Å²) in [6.07, 6.45) is 3.26. The lowest BCUT2D eigenvalue weighted by atomic mass is 10.0. The maximum absolute atomic E-state index is 5.88. The van der Waals surface area contributed by atoms with Crippen LogP contribution in [0.15, 0.2) is 12.1 Å². The van der Waals surface area contributed by atoms with E-state index in [0.29, 0.717) is 6.04 Å². The molecule has 0 unspecified atom stereocenters. The van der Waals surface area contributed by atoms with Gasteiger partial charge in [0, 0.05) is 36.6 Å². The van der Waals surface area contributed by atoms with Crippen molar-refractivity contribution in [1.82, 2.24) is 20.1 Å². The van der Waals surface area contributed by atoms with Crippen LogP contribution in [0.4, 0.5) is 0 Å². The van der Waals surface area contributed by atoms with Crippen LogP contribution < -0.4 is 14.8 Å². The molecule has 0 radical (unpaired) electrons. The van der Waals surface area contributed by atoms with E-state index in [1.807, 2.05) is 11.6 Å². The molecule has 3 heterocycles. The Balaban J connectivity index is 1.46. The number of hydrogen-bond donors (Lipinski definition) is 1. The molecular formula is C18H24N4O2. The molecule has 2 aliphatic rings. The average molecular weight is 328 g/mol. The summed E-state index contributed by atoms with van der Waals surface area (Å²) in [4.78, 5) is 4.47. The van der Waals surface area contributed by atoms with E-state index in [2.05, 4.69) is 34.5 Å². The number of aryl methyl sites for hydroxylation is 2. The number of nitrogens with zero attached hydrogens (tertiary/aromatic N) is 3. The Morgan fingerprint density at radius 2 is 2.29 bits per heavy atom. The van der Waals surface area contributed by atoms with Crippen LogP contribution in [0.1, 0.15) is 36.1 Å². The van der Waals surface area contributed by atoms with Gasteiger partial charge in [-0.3, -0.25) is 0 Å². The minimum atomic E-state index is 0.250. The number of aromatic nitrogens is 3. The minimum Gasteiger partial charge on any atom is -0.496 e. The molecule has 0 saturated heterocycles. The molecule has 24 heavy (non-hydrogen) atoms. The summed E-state index contributed by atoms with van der Waals surface area (Å²) < 4.78 is 13.5. The van der Waals surface area contributed by atoms with Gasteiger partial charge >= 0.3 is 0 Å². The molecule has 0 spiro atoms. The van der Waals surface area contributed by atoms with Crippen molar-refractivity contribution in [3.63, 3.8) is 0 Å². The summed E-state index contributed by atoms with van der Waals surface area (Å²) in [6.45, 7) is 5.69. The Morgan fingerprint density at radius 1 is 1.42 bits per heavy atom. The van der Waals surface area contributed by atoms with E-state index in [0.717, 1.165) is 61.1 Å². The molecular weight excluding hydrogens is 304 g/mol. The molecule has 1 aromatic carbocycles. The fourth-order valence-electron chi connectivity index (χ4n) is 3.66. The number of fused-ring (bicyclic) bond motifs is 2. The molecule has 2 aliphatic heterocycles. The summed E-state index contributed by atoms with van der Waals surface area (Å²) in [5.41, 5.74) is 2.38. The van der Waals surface area contributed by atoms with Gasteiger partial charge in [-0.25, -0.2) is 9.67 Å². The summed E-state index contributed by atoms with van der Waals surface area (Å²) in [7, 11) is 1.73. The van der Waals surface area contributed by atoms with E-state index >= 15 is 0 Å². The van der Waals surface area contributed by atoms with Gasteiger partial charge in [-0.2, -0.15) is 5.10 Å². The Labute approximate surface area is 142 Å². The second kappa shape index (κ2) is 6.09. The fourth-order valence-corrected chi connectivity index (χ4v) is 3.66. The first-order valence-corrected chi connectivity index (χ1v) is 8.62. The summed E-state index contributed by atoms with van der Waals surface area (Å²) >= 11 is 0. The first-order valence-electron chi connectivity index (χ1n) is 8.62. The summed E-state index contributed by atoms with van der Waals surface area (Å²) in [5.74, 6) is 3.89. The zero-order valence-electron chi connectivity index (χ0n) is 14.5. The first-order chi connectivity index (χ1) is 11.6. The van der Waals surface area contributed by atoms with Crippen LogP contribution in [0.25, 0.3) is 0 Å². The number of methoxy groups -OCH3 is 1. The third-order valence-electron chi connectivity index (χ3n) is 4.84. The number of rotatable bonds is 4. The van der Waals surface area contributed by atoms with Crippen molar-refractivity contribution in [2.24, 2.45) is 0 Å². The highest BCUT2D eigenvalue weighted by molar-refractivity contribution is 5.48. The minimum absolute atomic E-state index is 0.250. The van der Waals surface area contributed by atoms with Crippen molar-refractivity contribution in [2.45, 2.75) is 58.3 Å². The molecule has 1 aromatic heterocycles. The molecule has 1 N–H and O–H groups in total. The zero-order chi connectivity index (χ0) is 16.7. The van der Waals surface area contributed by atoms with Crippen molar-refractivity contribution < 1.29 is 9.47 Å². The van der Waals surface area contributed by atoms with Crippen molar-refractivity contribution in [3.05, 3.63) is 34.9 Å². The van der Waals surface area contributed by atoms with Gasteiger partial charge in [0.25, 0.3) is 0 Å². The number of nitrogens with one attached hydrogen (secondary N) is 1. The van der Waals surface area contributed by atoms with E-state index in [-0.39, 0.29) is 6.10 Å². The van der Waals surface area contributed by atoms with Gasteiger partial charge in [-0.05, 0) is 32.4 Å². The fraction of sp³-hybridized carbons (Fsp3) is 0.556. The molecule has 0 aliphatic carbocycles. The van der Waals surface area contributed by atoms with Crippen LogP contribution in [0.2, 0.25) is 0 Å². The van der Waals surface area contributed by atoms with E-state index in [4.69, 9.17) is 9.47 Å². The SMILES string of the molecule is COc1cc2c(cc1CN[C@H]1CCc3nc(C)nn3C1)O[C@@H](C)C2. The highest BCUT2D eigenvalue weighted by Gasteiger charge is 2.23. The highest BCUT2D eigenvalue weighted by Crippen LogP contribution is 2.35. The number of ether oxygens (including phenoxy) is 2. The lowest BCUT2D eigenvalue weighted by Gasteiger charge is -2.24. The standard InChI is InChI=1S/C18H24N4O2/c1-11-6-13-7-16(23-3)14(8-17(13)24-11)9-19-15-4-5-18-20-12(2)21-22(18)10-15/h7-8,11,15,19H,4-6,9-10H2,1-3H3/t11-,15-/m0/s1. The third kappa shape index (κ3) is 2.86. The molecule has 0 amide bonds. The Morgan fingerprint density at radius 3 is 3.12 bits per heavy atom. The second-order valence-electron chi connectivity index (χ2n) is 6.78. The van der Waals surface area contributed by atoms with E-state index < -0.39 is 0 Å². The average Bonchev–Trinajstić information content (AvgIpc) is 3.11. The largest absolute Gasteiger partial charge is 0.496 e. The molecule has 6 heteroatoms. The third-order valence-corrected chi connectivity index (χ3v) is 4.84. The van der Waals surface area contributed by atoms with Gasteiger partial charge in [-0.15, -0.1) is 0 Å². The van der Waals surface area contributed by atoms with Crippen molar-refractivity contribution in [2.75, 3.05) is 7.11 Å². The van der Waals surface area contributed by atoms with Gasteiger partial charge in [0.2, 0.25) is 0 Å². The molecule has 0 saturated carbocycles. The molecule has 4 rings (SSSR count). The lowest BCUT2D eigenvalue weighted by molar-refractivity contribution is 0.254. The molecule has 128 valence electrons. The van der Waals surface area contributed by atoms with E-state index in [1.54, 1.807) is 7.11 Å². The van der Waals surface area contributed by atoms with Gasteiger partial charge in [0.15, 0.2) is 0 Å². The maximum atomic E-state index is 5.88. The predicted octanol–water partition coefficient (Wildman–Crippen LogP) is 2.02. The van der Waals surface area contributed by atoms with Gasteiger partial charge in [0.1, 0.15) is 29.3 Å². The van der Waals surface area contributed by atoms with Crippen LogP contribution in [-0.4, -0.2) is 34.0 Å². The second-order valence-corrected chi connectivity index (χ2v) is 6.78. The first kappa shape index (κ1) is 15.4. The van der Waals surface area contributed by atoms with Gasteiger partial charge in [0.05, 0.1) is 13.7 Å². The quantitative estimate of drug-likeness (QED) is 0.930. The summed E-state index contributed by atoms with van der Waals surface area (Å²) in [5, 5.41) is 8.11.